The third-order valence-corrected chi connectivity index (χ3v) is 6.69. The molecule has 0 radical (unpaired) electrons. The molecule has 2 aromatic carbocycles. The molecule has 0 atom stereocenters. The van der Waals surface area contributed by atoms with Crippen LogP contribution in [0.5, 0.6) is 5.75 Å². The number of carbonyl (C=O) groups excluding carboxylic acids is 1. The van der Waals surface area contributed by atoms with Crippen LogP contribution in [0.4, 0.5) is 5.69 Å². The number of carbonyl (C=O) groups is 1. The minimum atomic E-state index is -3.69. The number of rotatable bonds is 9. The first-order chi connectivity index (χ1) is 16.1. The van der Waals surface area contributed by atoms with Crippen LogP contribution in [-0.4, -0.2) is 44.5 Å². The topological polar surface area (TPSA) is 93.0 Å². The summed E-state index contributed by atoms with van der Waals surface area (Å²) in [7, 11) is -3.69. The molecule has 1 N–H and O–H groups in total. The Kier molecular flexibility index (Phi) is 8.16. The number of anilines is 1. The molecule has 0 fully saturated rings. The van der Waals surface area contributed by atoms with E-state index in [4.69, 9.17) is 4.74 Å². The molecule has 3 aromatic rings. The molecule has 0 unspecified atom stereocenters. The molecule has 3 rings (SSSR count). The Bertz CT molecular complexity index is 1300. The summed E-state index contributed by atoms with van der Waals surface area (Å²) >= 11 is 3.49. The largest absolute Gasteiger partial charge is 0.494 e. The predicted molar refractivity (Wildman–Crippen MR) is 138 cm³/mol. The minimum Gasteiger partial charge on any atom is -0.494 e. The van der Waals surface area contributed by atoms with Crippen LogP contribution >= 0.6 is 15.9 Å². The van der Waals surface area contributed by atoms with Gasteiger partial charge in [0.15, 0.2) is 0 Å². The highest BCUT2D eigenvalue weighted by molar-refractivity contribution is 9.10. The number of nitrogens with one attached hydrogen (secondary N) is 1. The number of aromatic nitrogens is 1. The lowest BCUT2D eigenvalue weighted by Gasteiger charge is -2.21. The highest BCUT2D eigenvalue weighted by Crippen LogP contribution is 2.23. The number of amides is 1. The Morgan fingerprint density at radius 3 is 2.50 bits per heavy atom. The van der Waals surface area contributed by atoms with Crippen molar-refractivity contribution in [1.29, 1.82) is 0 Å². The van der Waals surface area contributed by atoms with Crippen molar-refractivity contribution >= 4 is 43.8 Å². The maximum absolute atomic E-state index is 12.5. The van der Waals surface area contributed by atoms with E-state index in [-0.39, 0.29) is 0 Å². The smallest absolute Gasteiger partial charge is 0.260 e. The van der Waals surface area contributed by atoms with Gasteiger partial charge in [0.05, 0.1) is 24.8 Å². The predicted octanol–water partition coefficient (Wildman–Crippen LogP) is 4.17. The molecule has 0 aliphatic carbocycles. The van der Waals surface area contributed by atoms with Gasteiger partial charge in [-0.3, -0.25) is 9.10 Å². The molecule has 8 nitrogen and oxygen atoms in total. The summed E-state index contributed by atoms with van der Waals surface area (Å²) in [4.78, 5) is 12.5. The van der Waals surface area contributed by atoms with Crippen LogP contribution in [-0.2, 0) is 14.8 Å². The van der Waals surface area contributed by atoms with Gasteiger partial charge in [-0.25, -0.2) is 13.8 Å². The number of aryl methyl sites for hydroxylation is 1. The summed E-state index contributed by atoms with van der Waals surface area (Å²) in [6.45, 7) is 5.92. The number of benzene rings is 2. The average Bonchev–Trinajstić information content (AvgIpc) is 3.05. The van der Waals surface area contributed by atoms with Crippen LogP contribution in [0.25, 0.3) is 5.69 Å². The van der Waals surface area contributed by atoms with Gasteiger partial charge >= 0.3 is 0 Å². The summed E-state index contributed by atoms with van der Waals surface area (Å²) in [5, 5.41) is 4.05. The number of hydrazone groups is 1. The molecule has 1 heterocycles. The zero-order valence-corrected chi connectivity index (χ0v) is 21.9. The second kappa shape index (κ2) is 10.9. The van der Waals surface area contributed by atoms with Crippen LogP contribution in [0, 0.1) is 13.8 Å². The van der Waals surface area contributed by atoms with E-state index in [1.807, 2.05) is 51.1 Å². The summed E-state index contributed by atoms with van der Waals surface area (Å²) < 4.78 is 34.0. The fraction of sp³-hybridized carbons (Fsp3) is 0.250. The zero-order chi connectivity index (χ0) is 24.9. The number of hydrogen-bond acceptors (Lipinski definition) is 5. The van der Waals surface area contributed by atoms with E-state index in [0.717, 1.165) is 37.7 Å². The Morgan fingerprint density at radius 1 is 1.18 bits per heavy atom. The van der Waals surface area contributed by atoms with E-state index in [9.17, 15) is 13.2 Å². The lowest BCUT2D eigenvalue weighted by molar-refractivity contribution is -0.119. The minimum absolute atomic E-state index is 0.364. The summed E-state index contributed by atoms with van der Waals surface area (Å²) in [6.07, 6.45) is 2.60. The number of halogens is 1. The van der Waals surface area contributed by atoms with Gasteiger partial charge in [-0.05, 0) is 69.3 Å². The van der Waals surface area contributed by atoms with E-state index in [1.54, 1.807) is 30.5 Å². The first kappa shape index (κ1) is 25.5. The standard InChI is InChI=1S/C24H27BrN4O4S/c1-5-33-23-11-9-21(10-12-23)28(34(4,31)32)16-24(30)27-26-15-19-13-17(2)29(18(19)3)22-8-6-7-20(25)14-22/h6-15H,5,16H2,1-4H3,(H,27,30)/b26-15+. The molecule has 34 heavy (non-hydrogen) atoms. The molecule has 180 valence electrons. The highest BCUT2D eigenvalue weighted by atomic mass is 79.9. The van der Waals surface area contributed by atoms with Crippen LogP contribution in [0.2, 0.25) is 0 Å². The van der Waals surface area contributed by atoms with Crippen LogP contribution in [0.15, 0.2) is 64.2 Å². The second-order valence-electron chi connectivity index (χ2n) is 7.63. The molecule has 0 bridgehead atoms. The van der Waals surface area contributed by atoms with Gasteiger partial charge in [0.1, 0.15) is 12.3 Å². The Morgan fingerprint density at radius 2 is 1.88 bits per heavy atom. The summed E-state index contributed by atoms with van der Waals surface area (Å²) in [5.74, 6) is 0.0607. The summed E-state index contributed by atoms with van der Waals surface area (Å²) in [5.41, 5.74) is 6.61. The van der Waals surface area contributed by atoms with Gasteiger partial charge in [0.25, 0.3) is 5.91 Å². The van der Waals surface area contributed by atoms with Gasteiger partial charge in [-0.1, -0.05) is 22.0 Å². The lowest BCUT2D eigenvalue weighted by Crippen LogP contribution is -2.39. The van der Waals surface area contributed by atoms with Gasteiger partial charge in [-0.15, -0.1) is 0 Å². The SMILES string of the molecule is CCOc1ccc(N(CC(=O)N/N=C/c2cc(C)n(-c3cccc(Br)c3)c2C)S(C)(=O)=O)cc1. The van der Waals surface area contributed by atoms with E-state index in [2.05, 4.69) is 31.0 Å². The second-order valence-corrected chi connectivity index (χ2v) is 10.5. The van der Waals surface area contributed by atoms with Crippen molar-refractivity contribution in [2.75, 3.05) is 23.7 Å². The van der Waals surface area contributed by atoms with Crippen molar-refractivity contribution in [3.63, 3.8) is 0 Å². The molecule has 0 saturated carbocycles. The molecule has 0 aliphatic heterocycles. The molecule has 0 saturated heterocycles. The number of hydrogen-bond donors (Lipinski definition) is 1. The van der Waals surface area contributed by atoms with E-state index in [1.165, 1.54) is 0 Å². The van der Waals surface area contributed by atoms with Crippen LogP contribution in [0.3, 0.4) is 0 Å². The lowest BCUT2D eigenvalue weighted by atomic mass is 10.2. The Hall–Kier alpha value is -3.11. The summed E-state index contributed by atoms with van der Waals surface area (Å²) in [6, 6.07) is 16.4. The van der Waals surface area contributed by atoms with Gasteiger partial charge in [0, 0.05) is 27.1 Å². The van der Waals surface area contributed by atoms with E-state index >= 15 is 0 Å². The molecule has 0 aliphatic rings. The van der Waals surface area contributed by atoms with Gasteiger partial charge < -0.3 is 9.30 Å². The molecule has 10 heteroatoms. The van der Waals surface area contributed by atoms with E-state index in [0.29, 0.717) is 18.0 Å². The number of sulfonamides is 1. The number of ether oxygens (including phenoxy) is 1. The van der Waals surface area contributed by atoms with Crippen molar-refractivity contribution in [2.24, 2.45) is 5.10 Å². The van der Waals surface area contributed by atoms with Gasteiger partial charge in [-0.2, -0.15) is 5.10 Å². The average molecular weight is 547 g/mol. The molecular weight excluding hydrogens is 520 g/mol. The van der Waals surface area contributed by atoms with E-state index < -0.39 is 22.5 Å². The fourth-order valence-electron chi connectivity index (χ4n) is 3.55. The van der Waals surface area contributed by atoms with Crippen molar-refractivity contribution in [1.82, 2.24) is 9.99 Å². The van der Waals surface area contributed by atoms with Crippen molar-refractivity contribution in [3.05, 3.63) is 76.0 Å². The zero-order valence-electron chi connectivity index (χ0n) is 19.4. The first-order valence-corrected chi connectivity index (χ1v) is 13.2. The Balaban J connectivity index is 1.72. The highest BCUT2D eigenvalue weighted by Gasteiger charge is 2.21. The maximum Gasteiger partial charge on any atom is 0.260 e. The molecular formula is C24H27BrN4O4S. The molecule has 1 aromatic heterocycles. The third-order valence-electron chi connectivity index (χ3n) is 5.05. The van der Waals surface area contributed by atoms with Crippen molar-refractivity contribution in [2.45, 2.75) is 20.8 Å². The van der Waals surface area contributed by atoms with Crippen molar-refractivity contribution in [3.8, 4) is 11.4 Å². The normalized spacial score (nSPS) is 11.6. The quantitative estimate of drug-likeness (QED) is 0.322. The number of nitrogens with zero attached hydrogens (tertiary/aromatic N) is 3. The maximum atomic E-state index is 12.5. The van der Waals surface area contributed by atoms with Gasteiger partial charge in [0.2, 0.25) is 10.0 Å². The first-order valence-electron chi connectivity index (χ1n) is 10.6. The van der Waals surface area contributed by atoms with Crippen LogP contribution in [0.1, 0.15) is 23.9 Å². The Labute approximate surface area is 208 Å². The molecule has 1 amide bonds. The fourth-order valence-corrected chi connectivity index (χ4v) is 4.79. The van der Waals surface area contributed by atoms with Crippen LogP contribution < -0.4 is 14.5 Å². The monoisotopic (exact) mass is 546 g/mol. The third kappa shape index (κ3) is 6.27. The van der Waals surface area contributed by atoms with Crippen molar-refractivity contribution < 1.29 is 17.9 Å². The molecule has 0 spiro atoms.